The fourth-order valence-corrected chi connectivity index (χ4v) is 4.33. The number of carbonyl (C=O) groups is 1. The Labute approximate surface area is 244 Å². The van der Waals surface area contributed by atoms with Crippen molar-refractivity contribution in [2.75, 3.05) is 24.4 Å². The number of H-pyrrole nitrogens is 1. The molecule has 43 heavy (non-hydrogen) atoms. The fraction of sp³-hybridized carbons (Fsp3) is 0.233. The minimum atomic E-state index is -0.756. The fourth-order valence-electron chi connectivity index (χ4n) is 4.33. The lowest BCUT2D eigenvalue weighted by Gasteiger charge is -2.14. The molecule has 0 spiro atoms. The van der Waals surface area contributed by atoms with Crippen LogP contribution in [0.15, 0.2) is 65.6 Å². The topological polar surface area (TPSA) is 136 Å². The number of methoxy groups -OCH3 is 1. The van der Waals surface area contributed by atoms with Crippen molar-refractivity contribution in [1.82, 2.24) is 25.0 Å². The molecule has 0 bridgehead atoms. The van der Waals surface area contributed by atoms with Crippen molar-refractivity contribution in [2.24, 2.45) is 0 Å². The third-order valence-corrected chi connectivity index (χ3v) is 6.47. The minimum Gasteiger partial charge on any atom is -0.453 e. The Kier molecular flexibility index (Phi) is 8.44. The summed E-state index contributed by atoms with van der Waals surface area (Å²) in [5.41, 5.74) is 0.399. The molecule has 0 aliphatic rings. The van der Waals surface area contributed by atoms with E-state index in [1.165, 1.54) is 48.7 Å². The van der Waals surface area contributed by atoms with Crippen LogP contribution >= 0.6 is 0 Å². The van der Waals surface area contributed by atoms with E-state index in [1.54, 1.807) is 13.2 Å². The monoisotopic (exact) mass is 589 g/mol. The van der Waals surface area contributed by atoms with Gasteiger partial charge in [-0.1, -0.05) is 13.8 Å². The van der Waals surface area contributed by atoms with Gasteiger partial charge < -0.3 is 20.1 Å². The Balaban J connectivity index is 1.40. The lowest BCUT2D eigenvalue weighted by molar-refractivity contribution is 0.102. The van der Waals surface area contributed by atoms with Crippen molar-refractivity contribution in [1.29, 1.82) is 0 Å². The first-order valence-electron chi connectivity index (χ1n) is 13.4. The Hall–Kier alpha value is -5.17. The highest BCUT2D eigenvalue weighted by Crippen LogP contribution is 2.34. The number of aromatic nitrogens is 5. The van der Waals surface area contributed by atoms with Gasteiger partial charge in [-0.05, 0) is 55.3 Å². The first-order valence-corrected chi connectivity index (χ1v) is 13.4. The highest BCUT2D eigenvalue weighted by atomic mass is 19.1. The molecule has 3 N–H and O–H groups in total. The maximum absolute atomic E-state index is 15.2. The maximum Gasteiger partial charge on any atom is 0.284 e. The van der Waals surface area contributed by atoms with Gasteiger partial charge in [0.1, 0.15) is 22.5 Å². The van der Waals surface area contributed by atoms with E-state index in [-0.39, 0.29) is 29.0 Å². The highest BCUT2D eigenvalue weighted by molar-refractivity contribution is 6.04. The number of halogens is 2. The predicted octanol–water partition coefficient (Wildman–Crippen LogP) is 5.40. The first-order chi connectivity index (χ1) is 20.6. The molecule has 0 radical (unpaired) electrons. The van der Waals surface area contributed by atoms with Gasteiger partial charge in [-0.2, -0.15) is 14.9 Å². The Bertz CT molecular complexity index is 1840. The predicted molar refractivity (Wildman–Crippen MR) is 157 cm³/mol. The number of aromatic amines is 1. The van der Waals surface area contributed by atoms with Crippen LogP contribution in [0.5, 0.6) is 11.5 Å². The second-order valence-corrected chi connectivity index (χ2v) is 10.1. The van der Waals surface area contributed by atoms with Crippen molar-refractivity contribution < 1.29 is 23.0 Å². The standard InChI is InChI=1S/C30H29F2N7O4/c1-16(2)23-14-21(30(41)39(38-23)20-8-5-18(31)6-9-20)29(40)35-19-7-10-24(22(32)13-19)43-25-11-12-33-27-26(25)28(37-36-27)34-17(3)15-42-4/h5-14,16-17H,15H2,1-4H3,(H,35,40)(H2,33,34,36,37). The van der Waals surface area contributed by atoms with Gasteiger partial charge >= 0.3 is 0 Å². The van der Waals surface area contributed by atoms with E-state index in [2.05, 4.69) is 30.9 Å². The average Bonchev–Trinajstić information content (AvgIpc) is 3.38. The average molecular weight is 590 g/mol. The number of hydrogen-bond donors (Lipinski definition) is 3. The lowest BCUT2D eigenvalue weighted by Crippen LogP contribution is -2.31. The SMILES string of the molecule is COCC(C)Nc1n[nH]c2nccc(Oc3ccc(NC(=O)c4cc(C(C)C)nn(-c5ccc(F)cc5)c4=O)cc3F)c12. The molecule has 1 unspecified atom stereocenters. The molecule has 0 fully saturated rings. The summed E-state index contributed by atoms with van der Waals surface area (Å²) < 4.78 is 40.8. The molecule has 1 atom stereocenters. The van der Waals surface area contributed by atoms with Gasteiger partial charge in [-0.25, -0.2) is 13.8 Å². The number of nitrogens with zero attached hydrogens (tertiary/aromatic N) is 4. The smallest absolute Gasteiger partial charge is 0.284 e. The van der Waals surface area contributed by atoms with Gasteiger partial charge in [0.05, 0.1) is 18.0 Å². The van der Waals surface area contributed by atoms with E-state index in [0.29, 0.717) is 40.6 Å². The molecule has 3 heterocycles. The normalized spacial score (nSPS) is 12.0. The molecule has 222 valence electrons. The minimum absolute atomic E-state index is 0.0685. The number of fused-ring (bicyclic) bond motifs is 1. The van der Waals surface area contributed by atoms with Crippen LogP contribution in [0.1, 0.15) is 42.7 Å². The van der Waals surface area contributed by atoms with Crippen LogP contribution in [0.4, 0.5) is 20.3 Å². The third kappa shape index (κ3) is 6.36. The molecule has 0 aliphatic carbocycles. The summed E-state index contributed by atoms with van der Waals surface area (Å²) in [7, 11) is 1.59. The van der Waals surface area contributed by atoms with Crippen molar-refractivity contribution in [2.45, 2.75) is 32.7 Å². The molecule has 11 nitrogen and oxygen atoms in total. The zero-order valence-electron chi connectivity index (χ0n) is 23.8. The molecule has 3 aromatic heterocycles. The van der Waals surface area contributed by atoms with Crippen LogP contribution in [-0.2, 0) is 4.74 Å². The first kappa shape index (κ1) is 29.3. The number of hydrogen-bond acceptors (Lipinski definition) is 8. The van der Waals surface area contributed by atoms with E-state index in [0.717, 1.165) is 10.7 Å². The molecule has 0 saturated heterocycles. The van der Waals surface area contributed by atoms with Crippen LogP contribution in [0, 0.1) is 11.6 Å². The maximum atomic E-state index is 15.2. The molecule has 2 aromatic carbocycles. The summed E-state index contributed by atoms with van der Waals surface area (Å²) in [5.74, 6) is -1.44. The molecule has 13 heteroatoms. The van der Waals surface area contributed by atoms with Crippen molar-refractivity contribution in [3.05, 3.63) is 94.0 Å². The number of anilines is 2. The second-order valence-electron chi connectivity index (χ2n) is 10.1. The molecule has 5 aromatic rings. The van der Waals surface area contributed by atoms with E-state index in [4.69, 9.17) is 9.47 Å². The second kappa shape index (κ2) is 12.4. The van der Waals surface area contributed by atoms with Gasteiger partial charge in [0.25, 0.3) is 11.5 Å². The highest BCUT2D eigenvalue weighted by Gasteiger charge is 2.20. The summed E-state index contributed by atoms with van der Waals surface area (Å²) in [6.45, 7) is 6.07. The summed E-state index contributed by atoms with van der Waals surface area (Å²) in [4.78, 5) is 30.7. The largest absolute Gasteiger partial charge is 0.453 e. The van der Waals surface area contributed by atoms with Crippen molar-refractivity contribution in [3.63, 3.8) is 0 Å². The number of rotatable bonds is 10. The summed E-state index contributed by atoms with van der Waals surface area (Å²) in [5, 5.41) is 17.7. The van der Waals surface area contributed by atoms with Crippen molar-refractivity contribution in [3.8, 4) is 17.2 Å². The van der Waals surface area contributed by atoms with Crippen LogP contribution in [0.25, 0.3) is 16.7 Å². The van der Waals surface area contributed by atoms with Gasteiger partial charge in [0.2, 0.25) is 0 Å². The number of pyridine rings is 1. The van der Waals surface area contributed by atoms with Crippen LogP contribution < -0.4 is 20.9 Å². The zero-order valence-corrected chi connectivity index (χ0v) is 23.8. The van der Waals surface area contributed by atoms with E-state index < -0.39 is 23.1 Å². The Morgan fingerprint density at radius 3 is 2.51 bits per heavy atom. The van der Waals surface area contributed by atoms with Crippen LogP contribution in [0.2, 0.25) is 0 Å². The Morgan fingerprint density at radius 1 is 1.05 bits per heavy atom. The van der Waals surface area contributed by atoms with Crippen LogP contribution in [0.3, 0.4) is 0 Å². The van der Waals surface area contributed by atoms with Gasteiger partial charge in [0, 0.05) is 37.2 Å². The molecular weight excluding hydrogens is 560 g/mol. The van der Waals surface area contributed by atoms with Crippen LogP contribution in [-0.4, -0.2) is 50.6 Å². The number of carbonyl (C=O) groups excluding carboxylic acids is 1. The zero-order chi connectivity index (χ0) is 30.7. The number of benzene rings is 2. The molecule has 1 amide bonds. The van der Waals surface area contributed by atoms with Crippen molar-refractivity contribution >= 4 is 28.4 Å². The summed E-state index contributed by atoms with van der Waals surface area (Å²) >= 11 is 0. The number of nitrogens with one attached hydrogen (secondary N) is 3. The summed E-state index contributed by atoms with van der Waals surface area (Å²) in [6, 6.07) is 12.0. The summed E-state index contributed by atoms with van der Waals surface area (Å²) in [6.07, 6.45) is 1.50. The molecule has 0 saturated carbocycles. The third-order valence-electron chi connectivity index (χ3n) is 6.47. The van der Waals surface area contributed by atoms with Gasteiger partial charge in [-0.3, -0.25) is 14.7 Å². The lowest BCUT2D eigenvalue weighted by atomic mass is 10.1. The van der Waals surface area contributed by atoms with Gasteiger partial charge in [0.15, 0.2) is 23.0 Å². The van der Waals surface area contributed by atoms with Gasteiger partial charge in [-0.15, -0.1) is 0 Å². The van der Waals surface area contributed by atoms with E-state index in [1.807, 2.05) is 20.8 Å². The number of ether oxygens (including phenoxy) is 2. The van der Waals surface area contributed by atoms with E-state index >= 15 is 4.39 Å². The Morgan fingerprint density at radius 2 is 1.81 bits per heavy atom. The number of amides is 1. The quantitative estimate of drug-likeness (QED) is 0.197. The van der Waals surface area contributed by atoms with E-state index in [9.17, 15) is 14.0 Å². The molecule has 5 rings (SSSR count). The molecule has 0 aliphatic heterocycles. The molecular formula is C30H29F2N7O4.